The number of carbonyl (C=O) groups is 2. The van der Waals surface area contributed by atoms with Crippen LogP contribution in [0, 0.1) is 0 Å². The maximum absolute atomic E-state index is 10.4. The van der Waals surface area contributed by atoms with Gasteiger partial charge in [0.05, 0.1) is 14.6 Å². The summed E-state index contributed by atoms with van der Waals surface area (Å²) in [6.45, 7) is 0. The van der Waals surface area contributed by atoms with E-state index in [4.69, 9.17) is 20.4 Å². The van der Waals surface area contributed by atoms with Crippen molar-refractivity contribution >= 4 is 63.2 Å². The molecule has 16 heavy (non-hydrogen) atoms. The minimum absolute atomic E-state index is 0.519. The monoisotopic (exact) mass is 282 g/mol. The highest BCUT2D eigenvalue weighted by Gasteiger charge is 2.29. The lowest BCUT2D eigenvalue weighted by Crippen LogP contribution is -2.41. The lowest BCUT2D eigenvalue weighted by molar-refractivity contribution is -0.143. The van der Waals surface area contributed by atoms with Crippen LogP contribution in [0.25, 0.3) is 0 Å². The Labute approximate surface area is 106 Å². The Hall–Kier alpha value is -0.870. The topological polar surface area (TPSA) is 115 Å². The minimum Gasteiger partial charge on any atom is -0.479 e. The van der Waals surface area contributed by atoms with Crippen LogP contribution < -0.4 is 0 Å². The minimum atomic E-state index is -2.05. The zero-order valence-corrected chi connectivity index (χ0v) is 9.93. The van der Waals surface area contributed by atoms with Gasteiger partial charge in [-0.25, -0.2) is 9.59 Å². The summed E-state index contributed by atoms with van der Waals surface area (Å²) in [5.74, 6) is -3.28. The normalized spacial score (nSPS) is 13.6. The van der Waals surface area contributed by atoms with Crippen LogP contribution in [0.5, 0.6) is 0 Å². The lowest BCUT2D eigenvalue weighted by atomic mass is 10.1. The molecule has 0 radical (unpaired) electrons. The van der Waals surface area contributed by atoms with Crippen molar-refractivity contribution in [2.45, 2.75) is 12.2 Å². The van der Waals surface area contributed by atoms with Crippen LogP contribution in [0.15, 0.2) is 0 Å². The number of thiocarbonyl (C=S) groups is 3. The molecule has 0 fully saturated rings. The molecule has 4 N–H and O–H groups in total. The third-order valence-corrected chi connectivity index (χ3v) is 2.97. The smallest absolute Gasteiger partial charge is 0.338 e. The molecule has 2 unspecified atom stereocenters. The number of hydrogen-bond acceptors (Lipinski definition) is 7. The van der Waals surface area contributed by atoms with Gasteiger partial charge in [-0.3, -0.25) is 0 Å². The van der Waals surface area contributed by atoms with E-state index >= 15 is 0 Å². The quantitative estimate of drug-likeness (QED) is 0.455. The maximum Gasteiger partial charge on any atom is 0.338 e. The zero-order chi connectivity index (χ0) is 13.0. The first-order valence-corrected chi connectivity index (χ1v) is 4.86. The Balaban J connectivity index is 4.82. The summed E-state index contributed by atoms with van der Waals surface area (Å²) in [5.41, 5.74) is 0. The fourth-order valence-corrected chi connectivity index (χ4v) is 1.30. The van der Waals surface area contributed by atoms with E-state index < -0.39 is 38.7 Å². The molecule has 0 aliphatic rings. The Morgan fingerprint density at radius 1 is 0.812 bits per heavy atom. The molecule has 0 saturated carbocycles. The van der Waals surface area contributed by atoms with E-state index in [0.29, 0.717) is 0 Å². The van der Waals surface area contributed by atoms with Gasteiger partial charge in [0.2, 0.25) is 0 Å². The molecule has 0 aliphatic carbocycles. The van der Waals surface area contributed by atoms with Gasteiger partial charge in [-0.1, -0.05) is 36.7 Å². The van der Waals surface area contributed by atoms with Gasteiger partial charge in [0.1, 0.15) is 0 Å². The van der Waals surface area contributed by atoms with Gasteiger partial charge in [-0.05, 0) is 0 Å². The predicted molar refractivity (Wildman–Crippen MR) is 65.1 cm³/mol. The molecule has 0 aromatic heterocycles. The first kappa shape index (κ1) is 15.1. The van der Waals surface area contributed by atoms with E-state index in [1.54, 1.807) is 0 Å². The molecule has 6 nitrogen and oxygen atoms in total. The molecule has 0 spiro atoms. The average Bonchev–Trinajstić information content (AvgIpc) is 2.23. The van der Waals surface area contributed by atoms with Crippen molar-refractivity contribution in [3.8, 4) is 0 Å². The number of carboxylic acids is 2. The predicted octanol–water partition coefficient (Wildman–Crippen LogP) is -1.01. The number of carboxylic acid groups (broad SMARTS) is 2. The molecule has 2 atom stereocenters. The van der Waals surface area contributed by atoms with Crippen LogP contribution >= 0.6 is 36.7 Å². The van der Waals surface area contributed by atoms with Gasteiger partial charge < -0.3 is 20.4 Å². The molecule has 0 aromatic carbocycles. The van der Waals surface area contributed by atoms with Crippen LogP contribution in [0.2, 0.25) is 0 Å². The first-order chi connectivity index (χ1) is 7.20. The molecular formula is C7H6O6S3. The first-order valence-electron chi connectivity index (χ1n) is 3.64. The summed E-state index contributed by atoms with van der Waals surface area (Å²) in [4.78, 5) is 19.0. The fraction of sp³-hybridized carbons (Fsp3) is 0.286. The molecular weight excluding hydrogens is 276 g/mol. The van der Waals surface area contributed by atoms with Crippen LogP contribution in [-0.2, 0) is 9.59 Å². The van der Waals surface area contributed by atoms with Gasteiger partial charge in [0, 0.05) is 0 Å². The van der Waals surface area contributed by atoms with E-state index in [9.17, 15) is 9.59 Å². The van der Waals surface area contributed by atoms with E-state index in [1.807, 2.05) is 0 Å². The summed E-state index contributed by atoms with van der Waals surface area (Å²) >= 11 is 13.5. The SMILES string of the molecule is O=C(O)C(O)C(=S)C(=S)C(=S)C(O)C(=O)O. The summed E-state index contributed by atoms with van der Waals surface area (Å²) in [5, 5.41) is 34.9. The van der Waals surface area contributed by atoms with E-state index in [0.717, 1.165) is 0 Å². The highest BCUT2D eigenvalue weighted by atomic mass is 32.1. The summed E-state index contributed by atoms with van der Waals surface area (Å²) in [6.07, 6.45) is -4.11. The van der Waals surface area contributed by atoms with Gasteiger partial charge in [-0.2, -0.15) is 0 Å². The van der Waals surface area contributed by atoms with Crippen molar-refractivity contribution in [1.82, 2.24) is 0 Å². The van der Waals surface area contributed by atoms with E-state index in [1.165, 1.54) is 0 Å². The standard InChI is InChI=1S/C7H6O6S3/c8-1(6(10)11)3(14)5(16)4(15)2(9)7(12)13/h1-2,8-9H,(H,10,11)(H,12,13). The van der Waals surface area contributed by atoms with E-state index in [-0.39, 0.29) is 0 Å². The van der Waals surface area contributed by atoms with Crippen LogP contribution in [0.4, 0.5) is 0 Å². The van der Waals surface area contributed by atoms with Crippen LogP contribution in [0.3, 0.4) is 0 Å². The third-order valence-electron chi connectivity index (χ3n) is 1.41. The number of aliphatic hydroxyl groups excluding tert-OH is 2. The number of rotatable bonds is 6. The molecule has 0 saturated heterocycles. The van der Waals surface area contributed by atoms with Crippen molar-refractivity contribution in [2.24, 2.45) is 0 Å². The van der Waals surface area contributed by atoms with Crippen LogP contribution in [0.1, 0.15) is 0 Å². The summed E-state index contributed by atoms with van der Waals surface area (Å²) in [6, 6.07) is 0. The molecule has 0 amide bonds. The number of hydrogen-bond donors (Lipinski definition) is 4. The fourth-order valence-electron chi connectivity index (χ4n) is 0.594. The molecule has 0 bridgehead atoms. The van der Waals surface area contributed by atoms with Crippen molar-refractivity contribution < 1.29 is 30.0 Å². The molecule has 0 heterocycles. The van der Waals surface area contributed by atoms with Crippen molar-refractivity contribution in [3.63, 3.8) is 0 Å². The Kier molecular flexibility index (Phi) is 5.68. The summed E-state index contributed by atoms with van der Waals surface area (Å²) < 4.78 is 0. The zero-order valence-electron chi connectivity index (χ0n) is 7.48. The van der Waals surface area contributed by atoms with Crippen molar-refractivity contribution in [3.05, 3.63) is 0 Å². The molecule has 0 aliphatic heterocycles. The average molecular weight is 282 g/mol. The second-order valence-electron chi connectivity index (χ2n) is 2.54. The van der Waals surface area contributed by atoms with Gasteiger partial charge in [0.25, 0.3) is 0 Å². The van der Waals surface area contributed by atoms with Gasteiger partial charge in [0.15, 0.2) is 12.2 Å². The van der Waals surface area contributed by atoms with E-state index in [2.05, 4.69) is 36.7 Å². The molecule has 9 heteroatoms. The Morgan fingerprint density at radius 3 is 1.25 bits per heavy atom. The number of aliphatic carboxylic acids is 2. The second kappa shape index (κ2) is 6.01. The van der Waals surface area contributed by atoms with Gasteiger partial charge >= 0.3 is 11.9 Å². The Morgan fingerprint density at radius 2 is 1.06 bits per heavy atom. The summed E-state index contributed by atoms with van der Waals surface area (Å²) in [7, 11) is 0. The highest BCUT2D eigenvalue weighted by Crippen LogP contribution is 2.01. The van der Waals surface area contributed by atoms with Crippen molar-refractivity contribution in [1.29, 1.82) is 0 Å². The maximum atomic E-state index is 10.4. The Bertz CT molecular complexity index is 342. The molecule has 0 aromatic rings. The van der Waals surface area contributed by atoms with Crippen LogP contribution in [-0.4, -0.2) is 59.2 Å². The van der Waals surface area contributed by atoms with Crippen molar-refractivity contribution in [2.75, 3.05) is 0 Å². The molecule has 88 valence electrons. The lowest BCUT2D eigenvalue weighted by Gasteiger charge is -2.11. The second-order valence-corrected chi connectivity index (χ2v) is 3.83. The third kappa shape index (κ3) is 3.61. The number of aliphatic hydroxyl groups is 2. The van der Waals surface area contributed by atoms with Gasteiger partial charge in [-0.15, -0.1) is 0 Å². The largest absolute Gasteiger partial charge is 0.479 e. The molecule has 0 rings (SSSR count). The highest BCUT2D eigenvalue weighted by molar-refractivity contribution is 7.95.